The van der Waals surface area contributed by atoms with Gasteiger partial charge in [0.05, 0.1) is 0 Å². The van der Waals surface area contributed by atoms with Crippen molar-refractivity contribution in [2.75, 3.05) is 5.94 Å². The lowest BCUT2D eigenvalue weighted by Crippen LogP contribution is -2.22. The Kier molecular flexibility index (Phi) is 3.59. The summed E-state index contributed by atoms with van der Waals surface area (Å²) in [5, 5.41) is 10.2. The minimum Gasteiger partial charge on any atom is -0.225 e. The van der Waals surface area contributed by atoms with E-state index in [1.807, 2.05) is 0 Å². The maximum Gasteiger partial charge on any atom is 0.128 e. The van der Waals surface area contributed by atoms with E-state index in [2.05, 4.69) is 27.7 Å². The van der Waals surface area contributed by atoms with Crippen LogP contribution in [0.1, 0.15) is 27.7 Å². The van der Waals surface area contributed by atoms with E-state index in [1.54, 1.807) is 0 Å². The van der Waals surface area contributed by atoms with E-state index in [9.17, 15) is 5.11 Å². The largest absolute Gasteiger partial charge is 0.225 e. The van der Waals surface area contributed by atoms with Gasteiger partial charge in [-0.25, -0.2) is 5.11 Å². The SMILES string of the molecule is CC(C)C(C)(C)SC[O]. The highest BCUT2D eigenvalue weighted by molar-refractivity contribution is 8.00. The van der Waals surface area contributed by atoms with E-state index < -0.39 is 0 Å². The molecule has 0 aliphatic carbocycles. The second-order valence-electron chi connectivity index (χ2n) is 3.02. The van der Waals surface area contributed by atoms with Gasteiger partial charge in [0.25, 0.3) is 0 Å². The Hall–Kier alpha value is 0.310. The van der Waals surface area contributed by atoms with E-state index in [1.165, 1.54) is 11.8 Å². The van der Waals surface area contributed by atoms with Crippen LogP contribution in [0.15, 0.2) is 0 Å². The molecule has 9 heavy (non-hydrogen) atoms. The van der Waals surface area contributed by atoms with Crippen LogP contribution in [0.3, 0.4) is 0 Å². The molecule has 0 rings (SSSR count). The van der Waals surface area contributed by atoms with E-state index >= 15 is 0 Å². The second kappa shape index (κ2) is 3.47. The van der Waals surface area contributed by atoms with Crippen LogP contribution in [0.5, 0.6) is 0 Å². The van der Waals surface area contributed by atoms with E-state index in [0.29, 0.717) is 5.92 Å². The summed E-state index contributed by atoms with van der Waals surface area (Å²) in [4.78, 5) is 0. The quantitative estimate of drug-likeness (QED) is 0.562. The third-order valence-electron chi connectivity index (χ3n) is 1.82. The molecule has 0 amide bonds. The molecule has 0 spiro atoms. The Morgan fingerprint density at radius 2 is 1.89 bits per heavy atom. The molecule has 0 heterocycles. The molecule has 0 aromatic heterocycles. The van der Waals surface area contributed by atoms with Crippen molar-refractivity contribution in [2.45, 2.75) is 32.4 Å². The normalized spacial score (nSPS) is 12.7. The van der Waals surface area contributed by atoms with Crippen LogP contribution in [0.2, 0.25) is 0 Å². The van der Waals surface area contributed by atoms with Gasteiger partial charge in [-0.3, -0.25) is 0 Å². The predicted molar refractivity (Wildman–Crippen MR) is 42.1 cm³/mol. The predicted octanol–water partition coefficient (Wildman–Crippen LogP) is 2.54. The average molecular weight is 147 g/mol. The minimum absolute atomic E-state index is 0.0226. The molecule has 0 aromatic carbocycles. The lowest BCUT2D eigenvalue weighted by molar-refractivity contribution is 0.258. The summed E-state index contributed by atoms with van der Waals surface area (Å²) in [5.41, 5.74) is 0. The molecule has 0 atom stereocenters. The van der Waals surface area contributed by atoms with Crippen LogP contribution < -0.4 is 0 Å². The first-order valence-electron chi connectivity index (χ1n) is 3.22. The van der Waals surface area contributed by atoms with Crippen molar-refractivity contribution in [2.24, 2.45) is 5.92 Å². The molecule has 0 aromatic rings. The van der Waals surface area contributed by atoms with Gasteiger partial charge < -0.3 is 0 Å². The molecule has 55 valence electrons. The van der Waals surface area contributed by atoms with Gasteiger partial charge in [0, 0.05) is 4.75 Å². The van der Waals surface area contributed by atoms with Crippen LogP contribution in [0.4, 0.5) is 0 Å². The van der Waals surface area contributed by atoms with Crippen molar-refractivity contribution in [3.8, 4) is 0 Å². The van der Waals surface area contributed by atoms with Gasteiger partial charge in [0.2, 0.25) is 0 Å². The van der Waals surface area contributed by atoms with Crippen LogP contribution >= 0.6 is 11.8 Å². The van der Waals surface area contributed by atoms with Crippen molar-refractivity contribution in [3.63, 3.8) is 0 Å². The molecule has 0 unspecified atom stereocenters. The zero-order valence-electron chi connectivity index (χ0n) is 6.60. The fourth-order valence-electron chi connectivity index (χ4n) is 0.319. The summed E-state index contributed by atoms with van der Waals surface area (Å²) in [6, 6.07) is 0. The van der Waals surface area contributed by atoms with Gasteiger partial charge in [-0.15, -0.1) is 11.8 Å². The van der Waals surface area contributed by atoms with Gasteiger partial charge in [-0.2, -0.15) is 0 Å². The molecule has 0 aliphatic rings. The van der Waals surface area contributed by atoms with E-state index in [0.717, 1.165) is 0 Å². The molecule has 0 fully saturated rings. The standard InChI is InChI=1S/C7H15OS/c1-6(2)7(3,4)9-5-8/h6H,5H2,1-4H3. The van der Waals surface area contributed by atoms with E-state index in [-0.39, 0.29) is 10.7 Å². The fourth-order valence-corrected chi connectivity index (χ4v) is 0.956. The monoisotopic (exact) mass is 147 g/mol. The number of hydrogen-bond acceptors (Lipinski definition) is 1. The fraction of sp³-hybridized carbons (Fsp3) is 1.00. The van der Waals surface area contributed by atoms with Crippen molar-refractivity contribution >= 4 is 11.8 Å². The molecule has 1 nitrogen and oxygen atoms in total. The highest BCUT2D eigenvalue weighted by Gasteiger charge is 2.21. The smallest absolute Gasteiger partial charge is 0.128 e. The van der Waals surface area contributed by atoms with Gasteiger partial charge in [-0.05, 0) is 5.92 Å². The topological polar surface area (TPSA) is 19.9 Å². The van der Waals surface area contributed by atoms with Gasteiger partial charge in [0.15, 0.2) is 0 Å². The zero-order chi connectivity index (χ0) is 7.49. The summed E-state index contributed by atoms with van der Waals surface area (Å²) in [6.07, 6.45) is 0. The Balaban J connectivity index is 3.70. The Morgan fingerprint density at radius 3 is 2.00 bits per heavy atom. The maximum atomic E-state index is 10.2. The highest BCUT2D eigenvalue weighted by atomic mass is 32.2. The maximum absolute atomic E-state index is 10.2. The van der Waals surface area contributed by atoms with Crippen LogP contribution in [0.25, 0.3) is 0 Å². The van der Waals surface area contributed by atoms with Crippen molar-refractivity contribution in [3.05, 3.63) is 0 Å². The zero-order valence-corrected chi connectivity index (χ0v) is 7.42. The molecular formula is C7H15OS. The summed E-state index contributed by atoms with van der Waals surface area (Å²) < 4.78 is 0.155. The van der Waals surface area contributed by atoms with Crippen LogP contribution in [-0.4, -0.2) is 10.7 Å². The van der Waals surface area contributed by atoms with Gasteiger partial charge in [-0.1, -0.05) is 27.7 Å². The number of rotatable bonds is 3. The first kappa shape index (κ1) is 9.31. The first-order valence-corrected chi connectivity index (χ1v) is 4.21. The Morgan fingerprint density at radius 1 is 1.44 bits per heavy atom. The van der Waals surface area contributed by atoms with Crippen molar-refractivity contribution in [1.82, 2.24) is 0 Å². The lowest BCUT2D eigenvalue weighted by Gasteiger charge is -2.26. The molecule has 0 bridgehead atoms. The summed E-state index contributed by atoms with van der Waals surface area (Å²) in [7, 11) is 0. The third-order valence-corrected chi connectivity index (χ3v) is 3.15. The van der Waals surface area contributed by atoms with Crippen LogP contribution in [0, 0.1) is 5.92 Å². The number of hydrogen-bond donors (Lipinski definition) is 0. The summed E-state index contributed by atoms with van der Waals surface area (Å²) >= 11 is 1.49. The summed E-state index contributed by atoms with van der Waals surface area (Å²) in [5.74, 6) is 0.557. The molecule has 2 heteroatoms. The first-order chi connectivity index (χ1) is 4.00. The Labute approximate surface area is 61.8 Å². The van der Waals surface area contributed by atoms with Gasteiger partial charge >= 0.3 is 0 Å². The molecular weight excluding hydrogens is 132 g/mol. The molecule has 1 radical (unpaired) electrons. The Bertz CT molecular complexity index is 79.0. The summed E-state index contributed by atoms with van der Waals surface area (Å²) in [6.45, 7) is 8.51. The average Bonchev–Trinajstić information content (AvgIpc) is 1.65. The second-order valence-corrected chi connectivity index (χ2v) is 4.60. The molecule has 0 aliphatic heterocycles. The number of thioether (sulfide) groups is 1. The van der Waals surface area contributed by atoms with Gasteiger partial charge in [0.1, 0.15) is 5.94 Å². The molecule has 0 saturated heterocycles. The lowest BCUT2D eigenvalue weighted by atomic mass is 10.00. The van der Waals surface area contributed by atoms with Crippen molar-refractivity contribution in [1.29, 1.82) is 0 Å². The highest BCUT2D eigenvalue weighted by Crippen LogP contribution is 2.31. The van der Waals surface area contributed by atoms with Crippen molar-refractivity contribution < 1.29 is 5.11 Å². The third kappa shape index (κ3) is 3.11. The molecule has 0 saturated carbocycles. The van der Waals surface area contributed by atoms with Crippen LogP contribution in [-0.2, 0) is 5.11 Å². The molecule has 0 N–H and O–H groups in total. The minimum atomic E-state index is -0.0226. The van der Waals surface area contributed by atoms with E-state index in [4.69, 9.17) is 0 Å².